The largest absolute Gasteiger partial charge is 0.503 e. The third-order valence-corrected chi connectivity index (χ3v) is 5.33. The van der Waals surface area contributed by atoms with E-state index >= 15 is 0 Å². The van der Waals surface area contributed by atoms with Crippen molar-refractivity contribution >= 4 is 12.2 Å². The van der Waals surface area contributed by atoms with Crippen molar-refractivity contribution in [2.45, 2.75) is 26.7 Å². The first-order valence-corrected chi connectivity index (χ1v) is 10.2. The summed E-state index contributed by atoms with van der Waals surface area (Å²) in [6.07, 6.45) is 2.58. The Bertz CT molecular complexity index is 1450. The molecule has 0 saturated carbocycles. The highest BCUT2D eigenvalue weighted by Gasteiger charge is 2.25. The second-order valence-electron chi connectivity index (χ2n) is 7.59. The van der Waals surface area contributed by atoms with E-state index in [2.05, 4.69) is 4.98 Å². The molecule has 1 aliphatic heterocycles. The molecule has 0 spiro atoms. The lowest BCUT2D eigenvalue weighted by atomic mass is 10.2. The summed E-state index contributed by atoms with van der Waals surface area (Å²) in [7, 11) is 1.45. The number of methoxy groups -OCH3 is 1. The van der Waals surface area contributed by atoms with Gasteiger partial charge in [0.05, 0.1) is 25.5 Å². The van der Waals surface area contributed by atoms with Gasteiger partial charge in [-0.15, -0.1) is 0 Å². The average Bonchev–Trinajstić information content (AvgIpc) is 2.86. The number of halogens is 2. The molecule has 1 aromatic carbocycles. The smallest absolute Gasteiger partial charge is 0.375 e. The molecule has 0 atom stereocenters. The van der Waals surface area contributed by atoms with Crippen molar-refractivity contribution in [2.24, 2.45) is 0 Å². The fourth-order valence-corrected chi connectivity index (χ4v) is 3.47. The molecule has 0 unspecified atom stereocenters. The van der Waals surface area contributed by atoms with Gasteiger partial charge < -0.3 is 19.3 Å². The number of hydrogen-bond donors (Lipinski definition) is 1. The summed E-state index contributed by atoms with van der Waals surface area (Å²) in [5.41, 5.74) is -0.619. The summed E-state index contributed by atoms with van der Waals surface area (Å²) >= 11 is 0. The molecule has 35 heavy (non-hydrogen) atoms. The number of benzene rings is 1. The monoisotopic (exact) mass is 487 g/mol. The molecular weight excluding hydrogens is 468 g/mol. The van der Waals surface area contributed by atoms with E-state index in [1.54, 1.807) is 12.1 Å². The zero-order valence-electron chi connectivity index (χ0n) is 18.6. The maximum Gasteiger partial charge on any atom is 0.375 e. The van der Waals surface area contributed by atoms with Crippen molar-refractivity contribution in [1.29, 1.82) is 0 Å². The molecule has 2 aromatic heterocycles. The highest BCUT2D eigenvalue weighted by atomic mass is 19.1. The molecule has 182 valence electrons. The molecular formula is C23H19F2N3O7. The summed E-state index contributed by atoms with van der Waals surface area (Å²) in [6, 6.07) is 4.85. The van der Waals surface area contributed by atoms with Crippen LogP contribution in [0.2, 0.25) is 0 Å². The number of fused-ring (bicyclic) bond motifs is 1. The van der Waals surface area contributed by atoms with Gasteiger partial charge in [0.15, 0.2) is 17.4 Å². The van der Waals surface area contributed by atoms with E-state index in [9.17, 15) is 28.3 Å². The van der Waals surface area contributed by atoms with Crippen LogP contribution in [0.15, 0.2) is 45.8 Å². The predicted molar refractivity (Wildman–Crippen MR) is 116 cm³/mol. The molecule has 0 amide bonds. The summed E-state index contributed by atoms with van der Waals surface area (Å²) in [4.78, 5) is 42.3. The Kier molecular flexibility index (Phi) is 6.36. The number of carbonyl (C=O) groups excluding carboxylic acids is 1. The van der Waals surface area contributed by atoms with E-state index in [-0.39, 0.29) is 35.8 Å². The number of phenolic OH excluding ortho intramolecular Hbond substituents is 1. The van der Waals surface area contributed by atoms with Gasteiger partial charge in [0.2, 0.25) is 11.6 Å². The van der Waals surface area contributed by atoms with Crippen LogP contribution in [-0.4, -0.2) is 32.3 Å². The molecule has 0 bridgehead atoms. The second-order valence-corrected chi connectivity index (χ2v) is 7.59. The van der Waals surface area contributed by atoms with E-state index in [4.69, 9.17) is 14.2 Å². The number of carbonyl (C=O) groups is 1. The van der Waals surface area contributed by atoms with Gasteiger partial charge in [0, 0.05) is 17.8 Å². The van der Waals surface area contributed by atoms with Crippen molar-refractivity contribution in [1.82, 2.24) is 14.1 Å². The Morgan fingerprint density at radius 2 is 1.91 bits per heavy atom. The molecule has 3 aromatic rings. The predicted octanol–water partition coefficient (Wildman–Crippen LogP) is 1.83. The van der Waals surface area contributed by atoms with Gasteiger partial charge >= 0.3 is 11.7 Å². The van der Waals surface area contributed by atoms with E-state index in [0.29, 0.717) is 11.4 Å². The Hall–Kier alpha value is -4.48. The quantitative estimate of drug-likeness (QED) is 0.523. The van der Waals surface area contributed by atoms with Crippen LogP contribution in [0.5, 0.6) is 11.6 Å². The van der Waals surface area contributed by atoms with Gasteiger partial charge in [0.25, 0.3) is 5.56 Å². The summed E-state index contributed by atoms with van der Waals surface area (Å²) in [5, 5.41) is 9.27. The Morgan fingerprint density at radius 1 is 1.20 bits per heavy atom. The average molecular weight is 487 g/mol. The molecule has 0 fully saturated rings. The van der Waals surface area contributed by atoms with Crippen molar-refractivity contribution in [3.8, 4) is 11.6 Å². The molecule has 1 aliphatic rings. The summed E-state index contributed by atoms with van der Waals surface area (Å²) < 4.78 is 44.9. The lowest BCUT2D eigenvalue weighted by Crippen LogP contribution is -2.43. The Balaban J connectivity index is 1.63. The fourth-order valence-electron chi connectivity index (χ4n) is 3.47. The van der Waals surface area contributed by atoms with Crippen LogP contribution in [0.4, 0.5) is 8.78 Å². The lowest BCUT2D eigenvalue weighted by molar-refractivity contribution is -0.144. The minimum absolute atomic E-state index is 0.0552. The first-order valence-electron chi connectivity index (χ1n) is 10.2. The molecule has 0 radical (unpaired) electrons. The second kappa shape index (κ2) is 9.41. The minimum Gasteiger partial charge on any atom is -0.503 e. The number of pyridine rings is 1. The number of esters is 1. The van der Waals surface area contributed by atoms with Crippen LogP contribution in [0.1, 0.15) is 22.4 Å². The first-order chi connectivity index (χ1) is 16.7. The maximum atomic E-state index is 13.7. The Labute approximate surface area is 196 Å². The van der Waals surface area contributed by atoms with Gasteiger partial charge in [-0.05, 0) is 36.2 Å². The molecule has 12 heteroatoms. The van der Waals surface area contributed by atoms with Gasteiger partial charge in [-0.25, -0.2) is 23.4 Å². The molecule has 10 nitrogen and oxygen atoms in total. The number of aromatic hydroxyl groups is 1. The highest BCUT2D eigenvalue weighted by Crippen LogP contribution is 2.22. The number of hydrogen-bond acceptors (Lipinski definition) is 8. The Morgan fingerprint density at radius 3 is 2.60 bits per heavy atom. The third kappa shape index (κ3) is 4.63. The topological polar surface area (TPSA) is 122 Å². The molecule has 3 heterocycles. The SMILES string of the molecule is COc1cc(COC(=O)C2=Cn3c(c(C)c(=O)n(Cc4cc(F)c(O)c(F)c4)c3=O)CO2)ccn1. The molecule has 4 rings (SSSR count). The molecule has 0 saturated heterocycles. The van der Waals surface area contributed by atoms with E-state index in [1.165, 1.54) is 20.2 Å². The van der Waals surface area contributed by atoms with Crippen molar-refractivity contribution in [3.05, 3.63) is 91.1 Å². The van der Waals surface area contributed by atoms with Crippen LogP contribution in [0.25, 0.3) is 6.20 Å². The lowest BCUT2D eigenvalue weighted by Gasteiger charge is -2.21. The highest BCUT2D eigenvalue weighted by molar-refractivity contribution is 5.89. The molecule has 1 N–H and O–H groups in total. The van der Waals surface area contributed by atoms with Crippen molar-refractivity contribution in [2.75, 3.05) is 7.11 Å². The van der Waals surface area contributed by atoms with Crippen LogP contribution >= 0.6 is 0 Å². The van der Waals surface area contributed by atoms with Crippen molar-refractivity contribution < 1.29 is 32.9 Å². The standard InChI is InChI=1S/C23H19F2N3O7/c1-12-17-11-34-18(22(31)35-10-13-3-4-26-19(7-13)33-2)9-27(17)23(32)28(21(12)30)8-14-5-15(24)20(29)16(25)6-14/h3-7,9,29H,8,10-11H2,1-2H3. The number of nitrogens with zero attached hydrogens (tertiary/aromatic N) is 3. The zero-order valence-corrected chi connectivity index (χ0v) is 18.6. The van der Waals surface area contributed by atoms with Gasteiger partial charge in [-0.1, -0.05) is 0 Å². The number of aromatic nitrogens is 3. The summed E-state index contributed by atoms with van der Waals surface area (Å²) in [6.45, 7) is 0.630. The first kappa shape index (κ1) is 23.7. The van der Waals surface area contributed by atoms with Crippen LogP contribution < -0.4 is 16.0 Å². The van der Waals surface area contributed by atoms with E-state index in [0.717, 1.165) is 27.5 Å². The molecule has 0 aliphatic carbocycles. The van der Waals surface area contributed by atoms with Gasteiger partial charge in [-0.2, -0.15) is 0 Å². The van der Waals surface area contributed by atoms with Crippen LogP contribution in [0, 0.1) is 18.6 Å². The number of rotatable bonds is 6. The van der Waals surface area contributed by atoms with Crippen molar-refractivity contribution in [3.63, 3.8) is 0 Å². The normalized spacial score (nSPS) is 12.4. The number of phenols is 1. The van der Waals surface area contributed by atoms with Gasteiger partial charge in [0.1, 0.15) is 13.2 Å². The van der Waals surface area contributed by atoms with Crippen LogP contribution in [0.3, 0.4) is 0 Å². The summed E-state index contributed by atoms with van der Waals surface area (Å²) in [5.74, 6) is -4.40. The van der Waals surface area contributed by atoms with Crippen LogP contribution in [-0.2, 0) is 34.0 Å². The number of ether oxygens (including phenoxy) is 3. The third-order valence-electron chi connectivity index (χ3n) is 5.33. The van der Waals surface area contributed by atoms with E-state index in [1.807, 2.05) is 0 Å². The fraction of sp³-hybridized carbons (Fsp3) is 0.217. The zero-order chi connectivity index (χ0) is 25.3. The minimum atomic E-state index is -1.23. The maximum absolute atomic E-state index is 13.7. The van der Waals surface area contributed by atoms with E-state index < -0.39 is 41.1 Å². The van der Waals surface area contributed by atoms with Gasteiger partial charge in [-0.3, -0.25) is 13.9 Å².